The van der Waals surface area contributed by atoms with Gasteiger partial charge in [-0.1, -0.05) is 29.8 Å². The van der Waals surface area contributed by atoms with E-state index in [-0.39, 0.29) is 17.6 Å². The average Bonchev–Trinajstić information content (AvgIpc) is 2.69. The Morgan fingerprint density at radius 1 is 1.04 bits per heavy atom. The minimum absolute atomic E-state index is 0.000448. The first-order valence-electron chi connectivity index (χ1n) is 9.40. The number of sulfonamides is 1. The Bertz CT molecular complexity index is 763. The zero-order valence-electron chi connectivity index (χ0n) is 15.7. The summed E-state index contributed by atoms with van der Waals surface area (Å²) >= 11 is 0. The fourth-order valence-electron chi connectivity index (χ4n) is 3.67. The molecule has 0 N–H and O–H groups in total. The maximum Gasteiger partial charge on any atom is 0.225 e. The van der Waals surface area contributed by atoms with E-state index < -0.39 is 10.0 Å². The molecule has 0 atom stereocenters. The summed E-state index contributed by atoms with van der Waals surface area (Å²) in [6.07, 6.45) is 1.93. The predicted molar refractivity (Wildman–Crippen MR) is 102 cm³/mol. The van der Waals surface area contributed by atoms with Crippen LogP contribution < -0.4 is 0 Å². The zero-order valence-corrected chi connectivity index (χ0v) is 16.5. The molecule has 0 spiro atoms. The van der Waals surface area contributed by atoms with Crippen molar-refractivity contribution in [2.24, 2.45) is 5.92 Å². The van der Waals surface area contributed by atoms with Crippen molar-refractivity contribution in [3.63, 3.8) is 0 Å². The molecule has 8 heteroatoms. The van der Waals surface area contributed by atoms with Gasteiger partial charge in [-0.2, -0.15) is 0 Å². The van der Waals surface area contributed by atoms with Gasteiger partial charge in [0.15, 0.2) is 0 Å². The number of piperazine rings is 1. The third-order valence-electron chi connectivity index (χ3n) is 5.44. The number of benzene rings is 1. The highest BCUT2D eigenvalue weighted by Crippen LogP contribution is 2.24. The van der Waals surface area contributed by atoms with E-state index in [1.165, 1.54) is 4.31 Å². The Hall–Kier alpha value is -1.93. The van der Waals surface area contributed by atoms with Gasteiger partial charge in [0, 0.05) is 45.2 Å². The molecule has 0 aliphatic carbocycles. The predicted octanol–water partition coefficient (Wildman–Crippen LogP) is 0.837. The van der Waals surface area contributed by atoms with Crippen molar-refractivity contribution in [3.8, 4) is 0 Å². The Labute approximate surface area is 161 Å². The number of carbonyl (C=O) groups is 2. The maximum absolute atomic E-state index is 12.7. The standard InChI is InChI=1S/C19H27N3O4S/c1-16-2-4-17(5-3-16)14-27(25,26)22-8-6-18(7-9-22)19(24)21-12-10-20(15-23)11-13-21/h2-5,15,18H,6-14H2,1H3. The highest BCUT2D eigenvalue weighted by Gasteiger charge is 2.33. The number of carbonyl (C=O) groups excluding carboxylic acids is 2. The summed E-state index contributed by atoms with van der Waals surface area (Å²) in [5.41, 5.74) is 1.89. The van der Waals surface area contributed by atoms with Crippen LogP contribution in [0.15, 0.2) is 24.3 Å². The lowest BCUT2D eigenvalue weighted by Crippen LogP contribution is -2.51. The smallest absolute Gasteiger partial charge is 0.225 e. The fraction of sp³-hybridized carbons (Fsp3) is 0.579. The molecular weight excluding hydrogens is 366 g/mol. The first-order chi connectivity index (χ1) is 12.9. The number of hydrogen-bond acceptors (Lipinski definition) is 4. The molecule has 2 fully saturated rings. The van der Waals surface area contributed by atoms with Crippen molar-refractivity contribution in [1.82, 2.24) is 14.1 Å². The Morgan fingerprint density at radius 3 is 2.19 bits per heavy atom. The lowest BCUT2D eigenvalue weighted by atomic mass is 9.96. The van der Waals surface area contributed by atoms with Gasteiger partial charge in [-0.3, -0.25) is 9.59 Å². The summed E-state index contributed by atoms with van der Waals surface area (Å²) in [6.45, 7) is 5.00. The van der Waals surface area contributed by atoms with Crippen molar-refractivity contribution in [2.45, 2.75) is 25.5 Å². The molecule has 148 valence electrons. The molecule has 0 aromatic heterocycles. The second kappa shape index (κ2) is 8.39. The summed E-state index contributed by atoms with van der Waals surface area (Å²) < 4.78 is 26.9. The van der Waals surface area contributed by atoms with Crippen molar-refractivity contribution < 1.29 is 18.0 Å². The Morgan fingerprint density at radius 2 is 1.63 bits per heavy atom. The number of rotatable bonds is 5. The summed E-state index contributed by atoms with van der Waals surface area (Å²) in [7, 11) is -3.37. The monoisotopic (exact) mass is 393 g/mol. The lowest BCUT2D eigenvalue weighted by Gasteiger charge is -2.37. The molecule has 0 bridgehead atoms. The first-order valence-corrected chi connectivity index (χ1v) is 11.0. The van der Waals surface area contributed by atoms with E-state index in [1.807, 2.05) is 31.2 Å². The van der Waals surface area contributed by atoms with Crippen molar-refractivity contribution >= 4 is 22.3 Å². The average molecular weight is 394 g/mol. The van der Waals surface area contributed by atoms with Crippen LogP contribution >= 0.6 is 0 Å². The maximum atomic E-state index is 12.7. The van der Waals surface area contributed by atoms with Crippen molar-refractivity contribution in [3.05, 3.63) is 35.4 Å². The van der Waals surface area contributed by atoms with Gasteiger partial charge in [-0.05, 0) is 25.3 Å². The number of aryl methyl sites for hydroxylation is 1. The van der Waals surface area contributed by atoms with E-state index in [0.29, 0.717) is 52.1 Å². The Balaban J connectivity index is 1.52. The van der Waals surface area contributed by atoms with E-state index in [1.54, 1.807) is 9.80 Å². The van der Waals surface area contributed by atoms with Crippen molar-refractivity contribution in [1.29, 1.82) is 0 Å². The van der Waals surface area contributed by atoms with Gasteiger partial charge in [0.25, 0.3) is 0 Å². The van der Waals surface area contributed by atoms with Gasteiger partial charge in [-0.25, -0.2) is 12.7 Å². The SMILES string of the molecule is Cc1ccc(CS(=O)(=O)N2CCC(C(=O)N3CCN(C=O)CC3)CC2)cc1. The summed E-state index contributed by atoms with van der Waals surface area (Å²) in [5.74, 6) is -0.0331. The minimum atomic E-state index is -3.37. The van der Waals surface area contributed by atoms with Gasteiger partial charge < -0.3 is 9.80 Å². The highest BCUT2D eigenvalue weighted by atomic mass is 32.2. The number of nitrogens with zero attached hydrogens (tertiary/aromatic N) is 3. The second-order valence-corrected chi connectivity index (χ2v) is 9.35. The largest absolute Gasteiger partial charge is 0.342 e. The molecule has 1 aromatic carbocycles. The first kappa shape index (κ1) is 19.8. The summed E-state index contributed by atoms with van der Waals surface area (Å²) in [5, 5.41) is 0. The number of hydrogen-bond donors (Lipinski definition) is 0. The van der Waals surface area contributed by atoms with E-state index in [9.17, 15) is 18.0 Å². The molecule has 2 heterocycles. The van der Waals surface area contributed by atoms with Crippen LogP contribution in [0.1, 0.15) is 24.0 Å². The van der Waals surface area contributed by atoms with Gasteiger partial charge in [0.05, 0.1) is 5.75 Å². The molecule has 2 aliphatic heterocycles. The van der Waals surface area contributed by atoms with E-state index in [4.69, 9.17) is 0 Å². The molecule has 7 nitrogen and oxygen atoms in total. The molecular formula is C19H27N3O4S. The molecule has 0 saturated carbocycles. The lowest BCUT2D eigenvalue weighted by molar-refractivity contribution is -0.140. The van der Waals surface area contributed by atoms with E-state index in [2.05, 4.69) is 0 Å². The molecule has 1 aromatic rings. The van der Waals surface area contributed by atoms with Crippen molar-refractivity contribution in [2.75, 3.05) is 39.3 Å². The van der Waals surface area contributed by atoms with Crippen LogP contribution in [0, 0.1) is 12.8 Å². The normalized spacial score (nSPS) is 19.9. The summed E-state index contributed by atoms with van der Waals surface area (Å²) in [6, 6.07) is 7.53. The zero-order chi connectivity index (χ0) is 19.4. The second-order valence-electron chi connectivity index (χ2n) is 7.38. The van der Waals surface area contributed by atoms with Gasteiger partial charge in [0.1, 0.15) is 0 Å². The van der Waals surface area contributed by atoms with E-state index in [0.717, 1.165) is 17.5 Å². The molecule has 3 rings (SSSR count). The van der Waals surface area contributed by atoms with Crippen LogP contribution in [0.5, 0.6) is 0 Å². The van der Waals surface area contributed by atoms with Crippen LogP contribution in [-0.4, -0.2) is 74.1 Å². The molecule has 2 amide bonds. The quantitative estimate of drug-likeness (QED) is 0.695. The number of piperidine rings is 1. The fourth-order valence-corrected chi connectivity index (χ4v) is 5.24. The topological polar surface area (TPSA) is 78.0 Å². The third kappa shape index (κ3) is 4.87. The van der Waals surface area contributed by atoms with Crippen LogP contribution in [-0.2, 0) is 25.4 Å². The molecule has 2 saturated heterocycles. The van der Waals surface area contributed by atoms with E-state index >= 15 is 0 Å². The third-order valence-corrected chi connectivity index (χ3v) is 7.29. The van der Waals surface area contributed by atoms with Gasteiger partial charge >= 0.3 is 0 Å². The van der Waals surface area contributed by atoms with Gasteiger partial charge in [0.2, 0.25) is 22.3 Å². The summed E-state index contributed by atoms with van der Waals surface area (Å²) in [4.78, 5) is 26.9. The highest BCUT2D eigenvalue weighted by molar-refractivity contribution is 7.88. The van der Waals surface area contributed by atoms with Crippen LogP contribution in [0.2, 0.25) is 0 Å². The molecule has 0 radical (unpaired) electrons. The molecule has 2 aliphatic rings. The van der Waals surface area contributed by atoms with Crippen LogP contribution in [0.3, 0.4) is 0 Å². The van der Waals surface area contributed by atoms with Crippen LogP contribution in [0.25, 0.3) is 0 Å². The van der Waals surface area contributed by atoms with Gasteiger partial charge in [-0.15, -0.1) is 0 Å². The minimum Gasteiger partial charge on any atom is -0.342 e. The molecule has 0 unspecified atom stereocenters. The van der Waals surface area contributed by atoms with Crippen LogP contribution in [0.4, 0.5) is 0 Å². The Kier molecular flexibility index (Phi) is 6.16. The molecule has 27 heavy (non-hydrogen) atoms. The number of amides is 2.